The predicted octanol–water partition coefficient (Wildman–Crippen LogP) is 2.47. The van der Waals surface area contributed by atoms with E-state index >= 15 is 0 Å². The second-order valence-corrected chi connectivity index (χ2v) is 3.93. The van der Waals surface area contributed by atoms with Gasteiger partial charge in [0.05, 0.1) is 16.4 Å². The molecule has 0 fully saturated rings. The van der Waals surface area contributed by atoms with Crippen molar-refractivity contribution in [3.8, 4) is 0 Å². The summed E-state index contributed by atoms with van der Waals surface area (Å²) >= 11 is 5.84. The molecule has 0 atom stereocenters. The number of nitrogens with two attached hydrogens (primary N) is 1. The summed E-state index contributed by atoms with van der Waals surface area (Å²) in [5.74, 6) is -0.234. The number of carbonyl (C=O) groups is 1. The predicted molar refractivity (Wildman–Crippen MR) is 65.1 cm³/mol. The monoisotopic (exact) mass is 251 g/mol. The van der Waals surface area contributed by atoms with Gasteiger partial charge in [0.2, 0.25) is 5.76 Å². The van der Waals surface area contributed by atoms with Gasteiger partial charge in [0.25, 0.3) is 5.91 Å². The second kappa shape index (κ2) is 4.47. The molecule has 0 bridgehead atoms. The molecule has 0 spiro atoms. The van der Waals surface area contributed by atoms with E-state index in [-0.39, 0.29) is 11.7 Å². The maximum Gasteiger partial charge on any atom is 0.294 e. The molecule has 88 valence electrons. The van der Waals surface area contributed by atoms with Gasteiger partial charge < -0.3 is 15.6 Å². The third kappa shape index (κ3) is 2.57. The highest BCUT2D eigenvalue weighted by atomic mass is 35.5. The van der Waals surface area contributed by atoms with Crippen LogP contribution in [0.15, 0.2) is 28.8 Å². The number of benzene rings is 1. The van der Waals surface area contributed by atoms with Crippen molar-refractivity contribution in [1.29, 1.82) is 0 Å². The van der Waals surface area contributed by atoms with E-state index < -0.39 is 0 Å². The number of nitrogens with one attached hydrogen (secondary N) is 1. The number of halogens is 1. The first-order chi connectivity index (χ1) is 8.06. The van der Waals surface area contributed by atoms with Gasteiger partial charge in [0.1, 0.15) is 0 Å². The lowest BCUT2D eigenvalue weighted by Gasteiger charge is -2.04. The lowest BCUT2D eigenvalue weighted by atomic mass is 10.2. The lowest BCUT2D eigenvalue weighted by Crippen LogP contribution is -2.10. The van der Waals surface area contributed by atoms with Crippen LogP contribution in [0.4, 0.5) is 11.4 Å². The van der Waals surface area contributed by atoms with E-state index in [1.807, 2.05) is 0 Å². The Morgan fingerprint density at radius 3 is 2.82 bits per heavy atom. The molecule has 2 rings (SSSR count). The third-order valence-electron chi connectivity index (χ3n) is 2.11. The molecule has 1 heterocycles. The molecule has 1 aromatic heterocycles. The number of hydrogen-bond donors (Lipinski definition) is 2. The Bertz CT molecular complexity index is 566. The molecule has 2 aromatic rings. The summed E-state index contributed by atoms with van der Waals surface area (Å²) in [6, 6.07) is 6.39. The van der Waals surface area contributed by atoms with E-state index in [0.717, 1.165) is 0 Å². The van der Waals surface area contributed by atoms with Crippen molar-refractivity contribution < 1.29 is 9.32 Å². The molecule has 1 aromatic carbocycles. The standard InChI is InChI=1S/C11H10ClN3O2/c1-6-4-10(17-15-6)11(16)14-7-2-3-9(13)8(12)5-7/h2-5H,13H2,1H3,(H,14,16). The van der Waals surface area contributed by atoms with Gasteiger partial charge >= 0.3 is 0 Å². The van der Waals surface area contributed by atoms with Gasteiger partial charge in [-0.3, -0.25) is 4.79 Å². The Kier molecular flexibility index (Phi) is 3.01. The summed E-state index contributed by atoms with van der Waals surface area (Å²) in [6.07, 6.45) is 0. The van der Waals surface area contributed by atoms with Crippen LogP contribution >= 0.6 is 11.6 Å². The molecule has 0 saturated heterocycles. The Balaban J connectivity index is 2.15. The number of amides is 1. The minimum atomic E-state index is -0.383. The Morgan fingerprint density at radius 2 is 2.24 bits per heavy atom. The van der Waals surface area contributed by atoms with E-state index in [2.05, 4.69) is 10.5 Å². The first kappa shape index (κ1) is 11.5. The third-order valence-corrected chi connectivity index (χ3v) is 2.44. The number of nitrogens with zero attached hydrogens (tertiary/aromatic N) is 1. The molecule has 0 aliphatic rings. The fourth-order valence-corrected chi connectivity index (χ4v) is 1.45. The highest BCUT2D eigenvalue weighted by molar-refractivity contribution is 6.33. The van der Waals surface area contributed by atoms with E-state index in [1.54, 1.807) is 31.2 Å². The number of nitrogen functional groups attached to an aromatic ring is 1. The molecule has 0 unspecified atom stereocenters. The second-order valence-electron chi connectivity index (χ2n) is 3.52. The average molecular weight is 252 g/mol. The Labute approximate surface area is 103 Å². The van der Waals surface area contributed by atoms with Gasteiger partial charge in [-0.2, -0.15) is 0 Å². The quantitative estimate of drug-likeness (QED) is 0.804. The lowest BCUT2D eigenvalue weighted by molar-refractivity contribution is 0.0988. The largest absolute Gasteiger partial charge is 0.398 e. The minimum Gasteiger partial charge on any atom is -0.398 e. The van der Waals surface area contributed by atoms with Gasteiger partial charge in [-0.15, -0.1) is 0 Å². The SMILES string of the molecule is Cc1cc(C(=O)Nc2ccc(N)c(Cl)c2)on1. The van der Waals surface area contributed by atoms with Crippen molar-refractivity contribution in [1.82, 2.24) is 5.16 Å². The molecular formula is C11H10ClN3O2. The van der Waals surface area contributed by atoms with Crippen molar-refractivity contribution >= 4 is 28.9 Å². The van der Waals surface area contributed by atoms with Crippen LogP contribution in [0, 0.1) is 6.92 Å². The number of aryl methyl sites for hydroxylation is 1. The van der Waals surface area contributed by atoms with Gasteiger partial charge in [0.15, 0.2) is 0 Å². The smallest absolute Gasteiger partial charge is 0.294 e. The molecule has 17 heavy (non-hydrogen) atoms. The van der Waals surface area contributed by atoms with Crippen LogP contribution < -0.4 is 11.1 Å². The molecule has 3 N–H and O–H groups in total. The topological polar surface area (TPSA) is 81.2 Å². The van der Waals surface area contributed by atoms with Crippen LogP contribution in [0.3, 0.4) is 0 Å². The number of rotatable bonds is 2. The maximum atomic E-state index is 11.7. The van der Waals surface area contributed by atoms with E-state index in [1.165, 1.54) is 0 Å². The van der Waals surface area contributed by atoms with Crippen LogP contribution in [0.2, 0.25) is 5.02 Å². The molecule has 0 aliphatic heterocycles. The first-order valence-corrected chi connectivity index (χ1v) is 5.24. The number of anilines is 2. The van der Waals surface area contributed by atoms with Crippen LogP contribution in [-0.2, 0) is 0 Å². The molecule has 0 aliphatic carbocycles. The number of carbonyl (C=O) groups excluding carboxylic acids is 1. The summed E-state index contributed by atoms with van der Waals surface area (Å²) in [6.45, 7) is 1.74. The minimum absolute atomic E-state index is 0.149. The molecule has 1 amide bonds. The van der Waals surface area contributed by atoms with Crippen LogP contribution in [0.25, 0.3) is 0 Å². The summed E-state index contributed by atoms with van der Waals surface area (Å²) in [4.78, 5) is 11.7. The molecule has 5 nitrogen and oxygen atoms in total. The first-order valence-electron chi connectivity index (χ1n) is 4.86. The highest BCUT2D eigenvalue weighted by Crippen LogP contribution is 2.22. The van der Waals surface area contributed by atoms with E-state index in [9.17, 15) is 4.79 Å². The van der Waals surface area contributed by atoms with Gasteiger partial charge in [0, 0.05) is 11.8 Å². The molecule has 0 radical (unpaired) electrons. The van der Waals surface area contributed by atoms with Crippen LogP contribution in [-0.4, -0.2) is 11.1 Å². The molecule has 0 saturated carbocycles. The van der Waals surface area contributed by atoms with Gasteiger partial charge in [-0.25, -0.2) is 0 Å². The Hall–Kier alpha value is -2.01. The van der Waals surface area contributed by atoms with E-state index in [0.29, 0.717) is 22.1 Å². The summed E-state index contributed by atoms with van der Waals surface area (Å²) in [7, 11) is 0. The number of hydrogen-bond acceptors (Lipinski definition) is 4. The van der Waals surface area contributed by atoms with Crippen molar-refractivity contribution in [3.05, 3.63) is 40.7 Å². The zero-order valence-electron chi connectivity index (χ0n) is 9.03. The zero-order valence-corrected chi connectivity index (χ0v) is 9.78. The summed E-state index contributed by atoms with van der Waals surface area (Å²) in [5, 5.41) is 6.64. The van der Waals surface area contributed by atoms with Crippen LogP contribution in [0.1, 0.15) is 16.2 Å². The maximum absolute atomic E-state index is 11.7. The van der Waals surface area contributed by atoms with Crippen LogP contribution in [0.5, 0.6) is 0 Å². The normalized spacial score (nSPS) is 10.2. The van der Waals surface area contributed by atoms with Crippen molar-refractivity contribution in [2.24, 2.45) is 0 Å². The average Bonchev–Trinajstić information content (AvgIpc) is 2.70. The fraction of sp³-hybridized carbons (Fsp3) is 0.0909. The summed E-state index contributed by atoms with van der Waals surface area (Å²) in [5.41, 5.74) is 7.21. The Morgan fingerprint density at radius 1 is 1.47 bits per heavy atom. The number of aromatic nitrogens is 1. The van der Waals surface area contributed by atoms with Gasteiger partial charge in [-0.1, -0.05) is 16.8 Å². The van der Waals surface area contributed by atoms with Crippen molar-refractivity contribution in [3.63, 3.8) is 0 Å². The van der Waals surface area contributed by atoms with Crippen molar-refractivity contribution in [2.75, 3.05) is 11.1 Å². The highest BCUT2D eigenvalue weighted by Gasteiger charge is 2.12. The van der Waals surface area contributed by atoms with Crippen molar-refractivity contribution in [2.45, 2.75) is 6.92 Å². The molecule has 6 heteroatoms. The fourth-order valence-electron chi connectivity index (χ4n) is 1.27. The van der Waals surface area contributed by atoms with E-state index in [4.69, 9.17) is 21.9 Å². The zero-order chi connectivity index (χ0) is 12.4. The molecular weight excluding hydrogens is 242 g/mol. The van der Waals surface area contributed by atoms with Gasteiger partial charge in [-0.05, 0) is 25.1 Å². The summed E-state index contributed by atoms with van der Waals surface area (Å²) < 4.78 is 4.83.